The van der Waals surface area contributed by atoms with Gasteiger partial charge in [-0.2, -0.15) is 0 Å². The lowest BCUT2D eigenvalue weighted by Crippen LogP contribution is -2.14. The van der Waals surface area contributed by atoms with Crippen molar-refractivity contribution in [2.75, 3.05) is 11.1 Å². The minimum absolute atomic E-state index is 0.0663. The quantitative estimate of drug-likeness (QED) is 0.348. The van der Waals surface area contributed by atoms with Crippen molar-refractivity contribution in [3.05, 3.63) is 107 Å². The van der Waals surface area contributed by atoms with Gasteiger partial charge in [0.15, 0.2) is 0 Å². The van der Waals surface area contributed by atoms with E-state index < -0.39 is 5.63 Å². The molecule has 4 aromatic carbocycles. The molecule has 6 heteroatoms. The van der Waals surface area contributed by atoms with Crippen molar-refractivity contribution >= 4 is 45.0 Å². The molecule has 0 radical (unpaired) electrons. The summed E-state index contributed by atoms with van der Waals surface area (Å²) in [5, 5.41) is 5.79. The van der Waals surface area contributed by atoms with Crippen LogP contribution in [0.5, 0.6) is 0 Å². The molecule has 0 unspecified atom stereocenters. The van der Waals surface area contributed by atoms with E-state index in [1.54, 1.807) is 54.2 Å². The van der Waals surface area contributed by atoms with Gasteiger partial charge in [-0.3, -0.25) is 4.79 Å². The van der Waals surface area contributed by atoms with Gasteiger partial charge in [0.2, 0.25) is 11.8 Å². The number of rotatable bonds is 6. The predicted octanol–water partition coefficient (Wildman–Crippen LogP) is 5.88. The van der Waals surface area contributed by atoms with Crippen LogP contribution in [0.15, 0.2) is 100 Å². The first-order valence-electron chi connectivity index (χ1n) is 10.5. The number of thioether (sulfide) groups is 1. The van der Waals surface area contributed by atoms with E-state index in [0.717, 1.165) is 5.75 Å². The van der Waals surface area contributed by atoms with Gasteiger partial charge in [0, 0.05) is 17.0 Å². The van der Waals surface area contributed by atoms with Gasteiger partial charge in [-0.05, 0) is 52.7 Å². The Hall–Kier alpha value is -3.90. The number of nitrogens with zero attached hydrogens (tertiary/aromatic N) is 1. The fraction of sp³-hybridized carbons (Fsp3) is 0.0741. The Bertz CT molecular complexity index is 1500. The molecule has 5 aromatic rings. The van der Waals surface area contributed by atoms with E-state index in [4.69, 9.17) is 4.42 Å². The average molecular weight is 453 g/mol. The molecule has 1 aromatic heterocycles. The standard InChI is InChI=1S/C27H20N2O3S/c30-25(17-33-16-20-8-5-7-18-6-1-2-9-22(18)20)28-21-14-12-19(13-15-21)26-29-24-11-4-3-10-23(24)27(31)32-26/h1-15H,16-17H2,(H,28,30). The SMILES string of the molecule is O=C(CSCc1cccc2ccccc12)Nc1ccc(-c2nc3ccccc3c(=O)o2)cc1. The van der Waals surface area contributed by atoms with Crippen LogP contribution in [0.25, 0.3) is 33.1 Å². The Morgan fingerprint density at radius 2 is 1.58 bits per heavy atom. The van der Waals surface area contributed by atoms with Crippen molar-refractivity contribution in [3.8, 4) is 11.5 Å². The van der Waals surface area contributed by atoms with E-state index in [2.05, 4.69) is 34.6 Å². The van der Waals surface area contributed by atoms with Crippen LogP contribution in [-0.4, -0.2) is 16.6 Å². The van der Waals surface area contributed by atoms with Crippen molar-refractivity contribution in [3.63, 3.8) is 0 Å². The molecule has 0 fully saturated rings. The second kappa shape index (κ2) is 9.30. The lowest BCUT2D eigenvalue weighted by atomic mass is 10.1. The Labute approximate surface area is 194 Å². The van der Waals surface area contributed by atoms with Crippen LogP contribution in [0, 0.1) is 0 Å². The van der Waals surface area contributed by atoms with Gasteiger partial charge in [-0.25, -0.2) is 9.78 Å². The van der Waals surface area contributed by atoms with E-state index >= 15 is 0 Å². The summed E-state index contributed by atoms with van der Waals surface area (Å²) in [6.07, 6.45) is 0. The molecular formula is C27H20N2O3S. The summed E-state index contributed by atoms with van der Waals surface area (Å²) >= 11 is 1.58. The summed E-state index contributed by atoms with van der Waals surface area (Å²) in [7, 11) is 0. The highest BCUT2D eigenvalue weighted by Crippen LogP contribution is 2.24. The number of fused-ring (bicyclic) bond motifs is 2. The zero-order chi connectivity index (χ0) is 22.6. The first kappa shape index (κ1) is 21.0. The highest BCUT2D eigenvalue weighted by atomic mass is 32.2. The number of amides is 1. The summed E-state index contributed by atoms with van der Waals surface area (Å²) in [5.41, 5.74) is 2.74. The number of carbonyl (C=O) groups excluding carboxylic acids is 1. The monoisotopic (exact) mass is 452 g/mol. The van der Waals surface area contributed by atoms with Crippen LogP contribution in [0.3, 0.4) is 0 Å². The van der Waals surface area contributed by atoms with Crippen molar-refractivity contribution in [2.24, 2.45) is 0 Å². The second-order valence-corrected chi connectivity index (χ2v) is 8.57. The largest absolute Gasteiger partial charge is 0.403 e. The number of benzene rings is 4. The smallest absolute Gasteiger partial charge is 0.347 e. The Morgan fingerprint density at radius 3 is 2.42 bits per heavy atom. The summed E-state index contributed by atoms with van der Waals surface area (Å²) in [6.45, 7) is 0. The predicted molar refractivity (Wildman–Crippen MR) is 134 cm³/mol. The van der Waals surface area contributed by atoms with Gasteiger partial charge in [0.1, 0.15) is 0 Å². The van der Waals surface area contributed by atoms with Crippen molar-refractivity contribution in [1.82, 2.24) is 4.98 Å². The zero-order valence-corrected chi connectivity index (χ0v) is 18.5. The fourth-order valence-corrected chi connectivity index (χ4v) is 4.54. The topological polar surface area (TPSA) is 72.2 Å². The Morgan fingerprint density at radius 1 is 0.848 bits per heavy atom. The first-order chi connectivity index (χ1) is 16.2. The molecule has 0 aliphatic heterocycles. The van der Waals surface area contributed by atoms with E-state index in [1.807, 2.05) is 24.3 Å². The van der Waals surface area contributed by atoms with Gasteiger partial charge in [-0.15, -0.1) is 11.8 Å². The van der Waals surface area contributed by atoms with Gasteiger partial charge < -0.3 is 9.73 Å². The molecule has 33 heavy (non-hydrogen) atoms. The van der Waals surface area contributed by atoms with Gasteiger partial charge in [0.25, 0.3) is 0 Å². The highest BCUT2D eigenvalue weighted by molar-refractivity contribution is 7.99. The van der Waals surface area contributed by atoms with Crippen molar-refractivity contribution in [2.45, 2.75) is 5.75 Å². The molecule has 5 rings (SSSR count). The maximum absolute atomic E-state index is 12.4. The van der Waals surface area contributed by atoms with Gasteiger partial charge in [-0.1, -0.05) is 54.6 Å². The average Bonchev–Trinajstić information content (AvgIpc) is 2.85. The molecule has 5 nitrogen and oxygen atoms in total. The molecule has 0 aliphatic rings. The third-order valence-corrected chi connectivity index (χ3v) is 6.30. The number of hydrogen-bond donors (Lipinski definition) is 1. The highest BCUT2D eigenvalue weighted by Gasteiger charge is 2.09. The first-order valence-corrected chi connectivity index (χ1v) is 11.7. The van der Waals surface area contributed by atoms with Crippen LogP contribution in [0.4, 0.5) is 5.69 Å². The summed E-state index contributed by atoms with van der Waals surface area (Å²) in [4.78, 5) is 29.0. The minimum Gasteiger partial charge on any atom is -0.403 e. The Kier molecular flexibility index (Phi) is 5.91. The molecule has 0 saturated heterocycles. The number of carbonyl (C=O) groups is 1. The molecule has 162 valence electrons. The third kappa shape index (κ3) is 4.66. The minimum atomic E-state index is -0.420. The van der Waals surface area contributed by atoms with Crippen molar-refractivity contribution in [1.29, 1.82) is 0 Å². The summed E-state index contributed by atoms with van der Waals surface area (Å²) < 4.78 is 5.37. The fourth-order valence-electron chi connectivity index (χ4n) is 3.71. The third-order valence-electron chi connectivity index (χ3n) is 5.32. The Balaban J connectivity index is 1.21. The van der Waals surface area contributed by atoms with Crippen LogP contribution < -0.4 is 10.9 Å². The molecule has 0 saturated carbocycles. The lowest BCUT2D eigenvalue weighted by Gasteiger charge is -2.08. The molecule has 0 bridgehead atoms. The lowest BCUT2D eigenvalue weighted by molar-refractivity contribution is -0.113. The number of para-hydroxylation sites is 1. The van der Waals surface area contributed by atoms with Crippen LogP contribution in [0.2, 0.25) is 0 Å². The van der Waals surface area contributed by atoms with Gasteiger partial charge >= 0.3 is 5.63 Å². The maximum atomic E-state index is 12.4. The molecule has 1 amide bonds. The molecule has 0 atom stereocenters. The van der Waals surface area contributed by atoms with Gasteiger partial charge in [0.05, 0.1) is 16.7 Å². The summed E-state index contributed by atoms with van der Waals surface area (Å²) in [5.74, 6) is 1.30. The molecule has 0 aliphatic carbocycles. The second-order valence-electron chi connectivity index (χ2n) is 7.58. The number of nitrogens with one attached hydrogen (secondary N) is 1. The van der Waals surface area contributed by atoms with E-state index in [0.29, 0.717) is 27.9 Å². The summed E-state index contributed by atoms with van der Waals surface area (Å²) in [6, 6.07) is 28.7. The normalized spacial score (nSPS) is 11.0. The number of anilines is 1. The molecular weight excluding hydrogens is 432 g/mol. The number of hydrogen-bond acceptors (Lipinski definition) is 5. The van der Waals surface area contributed by atoms with E-state index in [-0.39, 0.29) is 11.8 Å². The molecule has 1 N–H and O–H groups in total. The van der Waals surface area contributed by atoms with Crippen LogP contribution in [0.1, 0.15) is 5.56 Å². The number of aromatic nitrogens is 1. The maximum Gasteiger partial charge on any atom is 0.347 e. The molecule has 1 heterocycles. The van der Waals surface area contributed by atoms with Crippen molar-refractivity contribution < 1.29 is 9.21 Å². The van der Waals surface area contributed by atoms with E-state index in [9.17, 15) is 9.59 Å². The molecule has 0 spiro atoms. The zero-order valence-electron chi connectivity index (χ0n) is 17.7. The van der Waals surface area contributed by atoms with E-state index in [1.165, 1.54) is 16.3 Å². The van der Waals surface area contributed by atoms with Crippen LogP contribution in [-0.2, 0) is 10.5 Å². The van der Waals surface area contributed by atoms with Crippen LogP contribution >= 0.6 is 11.8 Å².